The summed E-state index contributed by atoms with van der Waals surface area (Å²) >= 11 is 1.82. The minimum atomic E-state index is 0.639. The number of benzene rings is 1. The molecule has 2 heterocycles. The molecule has 1 N–H and O–H groups in total. The van der Waals surface area contributed by atoms with Crippen LogP contribution in [0.2, 0.25) is 0 Å². The molecule has 3 rings (SSSR count). The van der Waals surface area contributed by atoms with Gasteiger partial charge in [-0.2, -0.15) is 4.98 Å². The van der Waals surface area contributed by atoms with Crippen LogP contribution in [0, 0.1) is 0 Å². The number of methoxy groups -OCH3 is 1. The highest BCUT2D eigenvalue weighted by atomic mass is 32.2. The highest BCUT2D eigenvalue weighted by Crippen LogP contribution is 2.26. The Morgan fingerprint density at radius 2 is 1.81 bits per heavy atom. The van der Waals surface area contributed by atoms with Gasteiger partial charge >= 0.3 is 0 Å². The van der Waals surface area contributed by atoms with Crippen molar-refractivity contribution >= 4 is 29.7 Å². The number of hydrogen-bond acceptors (Lipinski definition) is 7. The molecule has 0 saturated carbocycles. The molecule has 0 radical (unpaired) electrons. The van der Waals surface area contributed by atoms with Crippen LogP contribution in [-0.2, 0) is 4.79 Å². The molecule has 2 aromatic rings. The predicted molar refractivity (Wildman–Crippen MR) is 113 cm³/mol. The van der Waals surface area contributed by atoms with Gasteiger partial charge < -0.3 is 15.0 Å². The van der Waals surface area contributed by atoms with Crippen LogP contribution in [0.4, 0.5) is 11.5 Å². The monoisotopic (exact) mass is 386 g/mol. The Balaban J connectivity index is 0.000000596. The Kier molecular flexibility index (Phi) is 8.67. The van der Waals surface area contributed by atoms with Crippen molar-refractivity contribution in [3.63, 3.8) is 0 Å². The Morgan fingerprint density at radius 1 is 1.15 bits per heavy atom. The van der Waals surface area contributed by atoms with E-state index in [4.69, 9.17) is 9.53 Å². The van der Waals surface area contributed by atoms with Crippen LogP contribution in [-0.4, -0.2) is 55.9 Å². The van der Waals surface area contributed by atoms with Crippen LogP contribution in [0.25, 0.3) is 0 Å². The van der Waals surface area contributed by atoms with E-state index in [-0.39, 0.29) is 0 Å². The molecule has 1 aliphatic rings. The molecular weight excluding hydrogens is 360 g/mol. The molecular formula is C20H26N4O2S. The van der Waals surface area contributed by atoms with Crippen LogP contribution in [0.1, 0.15) is 0 Å². The highest BCUT2D eigenvalue weighted by Gasteiger charge is 2.19. The second-order valence-electron chi connectivity index (χ2n) is 5.69. The maximum Gasteiger partial charge on any atom is 0.214 e. The normalized spacial score (nSPS) is 13.9. The van der Waals surface area contributed by atoms with Crippen molar-refractivity contribution in [2.45, 2.75) is 4.90 Å². The molecule has 1 aliphatic heterocycles. The molecule has 0 aliphatic carbocycles. The number of piperazine rings is 1. The third kappa shape index (κ3) is 6.62. The molecule has 6 nitrogen and oxygen atoms in total. The van der Waals surface area contributed by atoms with Crippen LogP contribution in [0.3, 0.4) is 0 Å². The van der Waals surface area contributed by atoms with Crippen molar-refractivity contribution in [1.82, 2.24) is 9.29 Å². The maximum atomic E-state index is 9.06. The van der Waals surface area contributed by atoms with Gasteiger partial charge in [0.2, 0.25) is 5.88 Å². The van der Waals surface area contributed by atoms with E-state index in [0.717, 1.165) is 37.7 Å². The number of carbonyl (C=O) groups excluding carboxylic acids is 1. The lowest BCUT2D eigenvalue weighted by Gasteiger charge is -2.34. The first-order valence-corrected chi connectivity index (χ1v) is 9.50. The van der Waals surface area contributed by atoms with Crippen molar-refractivity contribution in [2.75, 3.05) is 50.6 Å². The number of aromatic nitrogens is 1. The van der Waals surface area contributed by atoms with Gasteiger partial charge in [-0.15, -0.1) is 0 Å². The molecule has 1 aromatic heterocycles. The fraction of sp³-hybridized carbons (Fsp3) is 0.300. The minimum absolute atomic E-state index is 0.639. The van der Waals surface area contributed by atoms with E-state index in [2.05, 4.69) is 50.4 Å². The Morgan fingerprint density at radius 3 is 2.37 bits per heavy atom. The maximum absolute atomic E-state index is 9.06. The fourth-order valence-corrected chi connectivity index (χ4v) is 3.44. The van der Waals surface area contributed by atoms with Crippen LogP contribution in [0.5, 0.6) is 5.88 Å². The number of aldehydes is 1. The van der Waals surface area contributed by atoms with Gasteiger partial charge in [0.15, 0.2) is 0 Å². The summed E-state index contributed by atoms with van der Waals surface area (Å²) in [5.41, 5.74) is 1.14. The smallest absolute Gasteiger partial charge is 0.214 e. The van der Waals surface area contributed by atoms with Crippen LogP contribution in [0.15, 0.2) is 60.0 Å². The SMILES string of the molecule is C=CC=O.CNc1ccc(SN2CCN(c3cccc(OC)n3)CC2)cc1. The van der Waals surface area contributed by atoms with Gasteiger partial charge in [0.05, 0.1) is 7.11 Å². The molecule has 7 heteroatoms. The molecule has 27 heavy (non-hydrogen) atoms. The zero-order valence-electron chi connectivity index (χ0n) is 15.8. The highest BCUT2D eigenvalue weighted by molar-refractivity contribution is 7.97. The van der Waals surface area contributed by atoms with E-state index in [0.29, 0.717) is 12.2 Å². The number of allylic oxidation sites excluding steroid dienone is 1. The topological polar surface area (TPSA) is 57.7 Å². The van der Waals surface area contributed by atoms with Gasteiger partial charge in [-0.25, -0.2) is 4.31 Å². The van der Waals surface area contributed by atoms with Gasteiger partial charge in [0.25, 0.3) is 0 Å². The fourth-order valence-electron chi connectivity index (χ4n) is 2.53. The Labute approximate surface area is 165 Å². The van der Waals surface area contributed by atoms with E-state index >= 15 is 0 Å². The number of nitrogens with zero attached hydrogens (tertiary/aromatic N) is 3. The first-order valence-electron chi connectivity index (χ1n) is 8.73. The number of rotatable bonds is 6. The zero-order chi connectivity index (χ0) is 19.5. The van der Waals surface area contributed by atoms with E-state index in [1.54, 1.807) is 7.11 Å². The predicted octanol–water partition coefficient (Wildman–Crippen LogP) is 3.33. The van der Waals surface area contributed by atoms with Crippen molar-refractivity contribution in [1.29, 1.82) is 0 Å². The van der Waals surface area contributed by atoms with Gasteiger partial charge in [-0.3, -0.25) is 4.79 Å². The molecule has 0 spiro atoms. The lowest BCUT2D eigenvalue weighted by molar-refractivity contribution is -0.104. The van der Waals surface area contributed by atoms with Gasteiger partial charge in [-0.05, 0) is 48.4 Å². The first kappa shape index (κ1) is 20.8. The van der Waals surface area contributed by atoms with E-state index < -0.39 is 0 Å². The number of pyridine rings is 1. The molecule has 1 saturated heterocycles. The first-order chi connectivity index (χ1) is 13.2. The molecule has 0 atom stereocenters. The van der Waals surface area contributed by atoms with Crippen molar-refractivity contribution in [3.8, 4) is 5.88 Å². The quantitative estimate of drug-likeness (QED) is 0.464. The average molecular weight is 387 g/mol. The largest absolute Gasteiger partial charge is 0.481 e. The molecule has 1 aromatic carbocycles. The lowest BCUT2D eigenvalue weighted by Crippen LogP contribution is -2.43. The summed E-state index contributed by atoms with van der Waals surface area (Å²) < 4.78 is 7.62. The Hall–Kier alpha value is -2.51. The third-order valence-electron chi connectivity index (χ3n) is 3.95. The summed E-state index contributed by atoms with van der Waals surface area (Å²) in [7, 11) is 3.59. The number of anilines is 2. The average Bonchev–Trinajstić information content (AvgIpc) is 2.75. The summed E-state index contributed by atoms with van der Waals surface area (Å²) in [5.74, 6) is 1.66. The van der Waals surface area contributed by atoms with Gasteiger partial charge in [-0.1, -0.05) is 12.6 Å². The summed E-state index contributed by atoms with van der Waals surface area (Å²) in [6, 6.07) is 14.5. The van der Waals surface area contributed by atoms with Crippen molar-refractivity contribution in [2.24, 2.45) is 0 Å². The molecule has 144 valence electrons. The minimum Gasteiger partial charge on any atom is -0.481 e. The van der Waals surface area contributed by atoms with E-state index in [1.807, 2.05) is 37.2 Å². The number of ether oxygens (including phenoxy) is 1. The van der Waals surface area contributed by atoms with E-state index in [1.165, 1.54) is 11.0 Å². The second-order valence-corrected chi connectivity index (χ2v) is 6.86. The van der Waals surface area contributed by atoms with E-state index in [9.17, 15) is 0 Å². The zero-order valence-corrected chi connectivity index (χ0v) is 16.6. The van der Waals surface area contributed by atoms with Crippen molar-refractivity contribution < 1.29 is 9.53 Å². The van der Waals surface area contributed by atoms with Crippen molar-refractivity contribution in [3.05, 3.63) is 55.1 Å². The van der Waals surface area contributed by atoms with Crippen LogP contribution < -0.4 is 15.0 Å². The summed E-state index contributed by atoms with van der Waals surface area (Å²) in [5, 5.41) is 3.14. The summed E-state index contributed by atoms with van der Waals surface area (Å²) in [6.45, 7) is 7.08. The standard InChI is InChI=1S/C17H22N4OS.C3H4O/c1-18-14-6-8-15(9-7-14)23-21-12-10-20(11-13-21)16-4-3-5-17(19-16)22-2;1-2-3-4/h3-9,18H,10-13H2,1-2H3;2-3H,1H2. The summed E-state index contributed by atoms with van der Waals surface area (Å²) in [6.07, 6.45) is 1.83. The third-order valence-corrected chi connectivity index (χ3v) is 5.06. The van der Waals surface area contributed by atoms with Crippen LogP contribution >= 0.6 is 11.9 Å². The van der Waals surface area contributed by atoms with Gasteiger partial charge in [0, 0.05) is 49.9 Å². The lowest BCUT2D eigenvalue weighted by atomic mass is 10.3. The molecule has 0 bridgehead atoms. The summed E-state index contributed by atoms with van der Waals surface area (Å²) in [4.78, 5) is 17.2. The number of nitrogens with one attached hydrogen (secondary N) is 1. The number of hydrogen-bond donors (Lipinski definition) is 1. The van der Waals surface area contributed by atoms with Gasteiger partial charge in [0.1, 0.15) is 12.1 Å². The molecule has 0 unspecified atom stereocenters. The second kappa shape index (κ2) is 11.3. The molecule has 1 fully saturated rings. The number of carbonyl (C=O) groups is 1. The Bertz CT molecular complexity index is 710. The molecule has 0 amide bonds.